The summed E-state index contributed by atoms with van der Waals surface area (Å²) in [5, 5.41) is 14.7. The van der Waals surface area contributed by atoms with Crippen LogP contribution in [0, 0.1) is 13.8 Å². The van der Waals surface area contributed by atoms with Crippen LogP contribution >= 0.6 is 11.3 Å². The molecule has 0 saturated carbocycles. The first-order valence-corrected chi connectivity index (χ1v) is 7.08. The van der Waals surface area contributed by atoms with Gasteiger partial charge in [-0.05, 0) is 19.4 Å². The maximum Gasteiger partial charge on any atom is 0.330 e. The number of urea groups is 1. The minimum atomic E-state index is -1.12. The molecule has 21 heavy (non-hydrogen) atoms. The zero-order chi connectivity index (χ0) is 15.4. The Kier molecular flexibility index (Phi) is 4.54. The summed E-state index contributed by atoms with van der Waals surface area (Å²) in [4.78, 5) is 28.4. The summed E-state index contributed by atoms with van der Waals surface area (Å²) < 4.78 is 0. The second-order valence-electron chi connectivity index (χ2n) is 4.44. The van der Waals surface area contributed by atoms with Crippen molar-refractivity contribution in [3.8, 4) is 0 Å². The fraction of sp³-hybridized carbons (Fsp3) is 0.214. The van der Waals surface area contributed by atoms with E-state index in [0.29, 0.717) is 10.7 Å². The van der Waals surface area contributed by atoms with E-state index in [2.05, 4.69) is 15.6 Å². The summed E-state index contributed by atoms with van der Waals surface area (Å²) in [6, 6.07) is 6.82. The summed E-state index contributed by atoms with van der Waals surface area (Å²) in [5.74, 6) is -1.12. The number of carbonyl (C=O) groups is 2. The summed E-state index contributed by atoms with van der Waals surface area (Å²) in [5.41, 5.74) is 1.35. The van der Waals surface area contributed by atoms with E-state index in [1.165, 1.54) is 11.3 Å². The van der Waals surface area contributed by atoms with Crippen LogP contribution in [-0.2, 0) is 4.79 Å². The highest BCUT2D eigenvalue weighted by atomic mass is 32.1. The molecule has 0 bridgehead atoms. The molecule has 1 atom stereocenters. The van der Waals surface area contributed by atoms with Crippen LogP contribution in [0.3, 0.4) is 0 Å². The van der Waals surface area contributed by atoms with Crippen molar-refractivity contribution < 1.29 is 14.7 Å². The van der Waals surface area contributed by atoms with Gasteiger partial charge in [0.25, 0.3) is 0 Å². The van der Waals surface area contributed by atoms with Gasteiger partial charge in [-0.1, -0.05) is 30.3 Å². The van der Waals surface area contributed by atoms with Crippen molar-refractivity contribution in [3.63, 3.8) is 0 Å². The number of aromatic nitrogens is 1. The fourth-order valence-electron chi connectivity index (χ4n) is 1.72. The average Bonchev–Trinajstić information content (AvgIpc) is 2.75. The van der Waals surface area contributed by atoms with Crippen LogP contribution in [0.5, 0.6) is 0 Å². The standard InChI is InChI=1S/C14H15N3O3S/c1-8-9(2)21-14(15-8)17-13(20)16-11(12(18)19)10-6-4-3-5-7-10/h3-7,11H,1-2H3,(H,18,19)(H2,15,16,17,20). The SMILES string of the molecule is Cc1nc(NC(=O)NC(C(=O)O)c2ccccc2)sc1C. The Hall–Kier alpha value is -2.41. The number of carboxylic acid groups (broad SMARTS) is 1. The normalized spacial score (nSPS) is 11.7. The van der Waals surface area contributed by atoms with E-state index in [-0.39, 0.29) is 0 Å². The van der Waals surface area contributed by atoms with E-state index in [1.54, 1.807) is 30.3 Å². The lowest BCUT2D eigenvalue weighted by Crippen LogP contribution is -2.36. The molecule has 2 rings (SSSR count). The molecule has 1 unspecified atom stereocenters. The summed E-state index contributed by atoms with van der Waals surface area (Å²) in [6.07, 6.45) is 0. The Balaban J connectivity index is 2.07. The third-order valence-corrected chi connectivity index (χ3v) is 3.89. The van der Waals surface area contributed by atoms with E-state index in [9.17, 15) is 14.7 Å². The number of hydrogen-bond acceptors (Lipinski definition) is 4. The quantitative estimate of drug-likeness (QED) is 0.810. The molecule has 0 fully saturated rings. The maximum absolute atomic E-state index is 11.9. The molecule has 0 spiro atoms. The molecule has 0 aliphatic heterocycles. The molecular weight excluding hydrogens is 290 g/mol. The van der Waals surface area contributed by atoms with E-state index in [4.69, 9.17) is 0 Å². The Morgan fingerprint density at radius 2 is 1.90 bits per heavy atom. The molecule has 2 aromatic rings. The van der Waals surface area contributed by atoms with Crippen LogP contribution in [0.25, 0.3) is 0 Å². The molecule has 1 aromatic heterocycles. The van der Waals surface area contributed by atoms with Gasteiger partial charge >= 0.3 is 12.0 Å². The van der Waals surface area contributed by atoms with Gasteiger partial charge in [-0.25, -0.2) is 14.6 Å². The number of benzene rings is 1. The topological polar surface area (TPSA) is 91.3 Å². The van der Waals surface area contributed by atoms with Gasteiger partial charge in [0.1, 0.15) is 0 Å². The zero-order valence-electron chi connectivity index (χ0n) is 11.6. The summed E-state index contributed by atoms with van der Waals surface area (Å²) in [7, 11) is 0. The number of nitrogens with one attached hydrogen (secondary N) is 2. The third kappa shape index (κ3) is 3.79. The second-order valence-corrected chi connectivity index (χ2v) is 5.64. The van der Waals surface area contributed by atoms with Crippen molar-refractivity contribution >= 4 is 28.5 Å². The second kappa shape index (κ2) is 6.36. The van der Waals surface area contributed by atoms with Crippen molar-refractivity contribution in [2.75, 3.05) is 5.32 Å². The first kappa shape index (κ1) is 15.0. The number of thiazole rings is 1. The van der Waals surface area contributed by atoms with Gasteiger partial charge < -0.3 is 10.4 Å². The van der Waals surface area contributed by atoms with Crippen LogP contribution < -0.4 is 10.6 Å². The highest BCUT2D eigenvalue weighted by Gasteiger charge is 2.22. The lowest BCUT2D eigenvalue weighted by Gasteiger charge is -2.14. The van der Waals surface area contributed by atoms with Gasteiger partial charge in [0.2, 0.25) is 0 Å². The van der Waals surface area contributed by atoms with E-state index < -0.39 is 18.0 Å². The largest absolute Gasteiger partial charge is 0.479 e. The number of rotatable bonds is 4. The molecule has 1 aromatic carbocycles. The minimum Gasteiger partial charge on any atom is -0.479 e. The van der Waals surface area contributed by atoms with Crippen molar-refractivity contribution in [1.29, 1.82) is 0 Å². The molecule has 6 nitrogen and oxygen atoms in total. The highest BCUT2D eigenvalue weighted by molar-refractivity contribution is 7.15. The van der Waals surface area contributed by atoms with Crippen molar-refractivity contribution in [2.45, 2.75) is 19.9 Å². The molecule has 110 valence electrons. The van der Waals surface area contributed by atoms with E-state index in [1.807, 2.05) is 13.8 Å². The minimum absolute atomic E-state index is 0.444. The Labute approximate surface area is 125 Å². The van der Waals surface area contributed by atoms with Crippen LogP contribution in [-0.4, -0.2) is 22.1 Å². The molecule has 0 radical (unpaired) electrons. The number of aliphatic carboxylic acids is 1. The molecule has 3 N–H and O–H groups in total. The van der Waals surface area contributed by atoms with Gasteiger partial charge in [-0.15, -0.1) is 11.3 Å². The smallest absolute Gasteiger partial charge is 0.330 e. The number of carbonyl (C=O) groups excluding carboxylic acids is 1. The van der Waals surface area contributed by atoms with Crippen LogP contribution in [0.1, 0.15) is 22.2 Å². The fourth-order valence-corrected chi connectivity index (χ4v) is 2.53. The first-order valence-electron chi connectivity index (χ1n) is 6.26. The molecule has 0 aliphatic carbocycles. The van der Waals surface area contributed by atoms with E-state index in [0.717, 1.165) is 10.6 Å². The Bertz CT molecular complexity index is 635. The monoisotopic (exact) mass is 305 g/mol. The molecule has 2 amide bonds. The predicted octanol–water partition coefficient (Wildman–Crippen LogP) is 2.71. The lowest BCUT2D eigenvalue weighted by molar-refractivity contribution is -0.139. The number of carboxylic acids is 1. The van der Waals surface area contributed by atoms with Gasteiger partial charge in [-0.2, -0.15) is 0 Å². The summed E-state index contributed by atoms with van der Waals surface area (Å²) in [6.45, 7) is 3.75. The lowest BCUT2D eigenvalue weighted by atomic mass is 10.1. The van der Waals surface area contributed by atoms with E-state index >= 15 is 0 Å². The van der Waals surface area contributed by atoms with Crippen LogP contribution in [0.2, 0.25) is 0 Å². The number of hydrogen-bond donors (Lipinski definition) is 3. The van der Waals surface area contributed by atoms with Gasteiger partial charge in [0, 0.05) is 4.88 Å². The average molecular weight is 305 g/mol. The molecule has 7 heteroatoms. The Morgan fingerprint density at radius 3 is 2.43 bits per heavy atom. The number of amides is 2. The maximum atomic E-state index is 11.9. The molecule has 1 heterocycles. The summed E-state index contributed by atoms with van der Waals surface area (Å²) >= 11 is 1.34. The van der Waals surface area contributed by atoms with Crippen LogP contribution in [0.15, 0.2) is 30.3 Å². The zero-order valence-corrected chi connectivity index (χ0v) is 12.4. The first-order chi connectivity index (χ1) is 9.97. The number of nitrogens with zero attached hydrogens (tertiary/aromatic N) is 1. The number of aryl methyl sites for hydroxylation is 2. The van der Waals surface area contributed by atoms with Gasteiger partial charge in [0.05, 0.1) is 5.69 Å². The predicted molar refractivity (Wildman–Crippen MR) is 80.6 cm³/mol. The molecule has 0 aliphatic rings. The molecular formula is C14H15N3O3S. The third-order valence-electron chi connectivity index (χ3n) is 2.90. The Morgan fingerprint density at radius 1 is 1.24 bits per heavy atom. The van der Waals surface area contributed by atoms with Gasteiger partial charge in [-0.3, -0.25) is 5.32 Å². The van der Waals surface area contributed by atoms with Crippen molar-refractivity contribution in [3.05, 3.63) is 46.5 Å². The number of anilines is 1. The van der Waals surface area contributed by atoms with Crippen molar-refractivity contribution in [1.82, 2.24) is 10.3 Å². The molecule has 0 saturated heterocycles. The highest BCUT2D eigenvalue weighted by Crippen LogP contribution is 2.21. The van der Waals surface area contributed by atoms with Crippen LogP contribution in [0.4, 0.5) is 9.93 Å². The van der Waals surface area contributed by atoms with Gasteiger partial charge in [0.15, 0.2) is 11.2 Å². The van der Waals surface area contributed by atoms with Crippen molar-refractivity contribution in [2.24, 2.45) is 0 Å².